The summed E-state index contributed by atoms with van der Waals surface area (Å²) in [4.78, 5) is 26.6. The van der Waals surface area contributed by atoms with Crippen molar-refractivity contribution in [1.82, 2.24) is 0 Å². The van der Waals surface area contributed by atoms with Gasteiger partial charge in [0.25, 0.3) is 0 Å². The molecular formula is C27H38O7. The van der Waals surface area contributed by atoms with Gasteiger partial charge >= 0.3 is 5.97 Å². The molecule has 0 aromatic rings. The maximum atomic E-state index is 13.5. The highest BCUT2D eigenvalue weighted by atomic mass is 16.7. The van der Waals surface area contributed by atoms with Crippen LogP contribution in [0.25, 0.3) is 0 Å². The molecule has 2 heterocycles. The molecule has 7 nitrogen and oxygen atoms in total. The van der Waals surface area contributed by atoms with Crippen LogP contribution in [0, 0.1) is 45.8 Å². The Bertz CT molecular complexity index is 915. The Morgan fingerprint density at radius 1 is 1.26 bits per heavy atom. The lowest BCUT2D eigenvalue weighted by atomic mass is 9.43. The van der Waals surface area contributed by atoms with E-state index in [0.29, 0.717) is 24.7 Å². The summed E-state index contributed by atoms with van der Waals surface area (Å²) in [7, 11) is 0. The fourth-order valence-electron chi connectivity index (χ4n) is 9.59. The maximum Gasteiger partial charge on any atom is 0.315 e. The summed E-state index contributed by atoms with van der Waals surface area (Å²) in [5.74, 6) is 0.230. The van der Waals surface area contributed by atoms with Gasteiger partial charge in [-0.3, -0.25) is 4.79 Å². The maximum absolute atomic E-state index is 13.5. The molecule has 6 aliphatic rings. The number of fused-ring (bicyclic) bond motifs is 3. The summed E-state index contributed by atoms with van der Waals surface area (Å²) in [6.45, 7) is 8.94. The third-order valence-corrected chi connectivity index (χ3v) is 10.8. The number of aldehydes is 1. The van der Waals surface area contributed by atoms with Crippen molar-refractivity contribution in [3.05, 3.63) is 11.6 Å². The zero-order chi connectivity index (χ0) is 24.0. The summed E-state index contributed by atoms with van der Waals surface area (Å²) in [6, 6.07) is 0. The number of rotatable bonds is 6. The van der Waals surface area contributed by atoms with Crippen molar-refractivity contribution in [2.75, 3.05) is 13.4 Å². The smallest absolute Gasteiger partial charge is 0.315 e. The lowest BCUT2D eigenvalue weighted by Gasteiger charge is -2.58. The predicted octanol–water partition coefficient (Wildman–Crippen LogP) is 3.80. The molecule has 4 bridgehead atoms. The molecule has 0 amide bonds. The summed E-state index contributed by atoms with van der Waals surface area (Å²) < 4.78 is 24.1. The molecule has 2 saturated heterocycles. The molecule has 7 heteroatoms. The summed E-state index contributed by atoms with van der Waals surface area (Å²) in [6.07, 6.45) is 6.50. The number of aliphatic carboxylic acids is 1. The Balaban J connectivity index is 1.40. The van der Waals surface area contributed by atoms with Gasteiger partial charge in [-0.15, -0.1) is 0 Å². The van der Waals surface area contributed by atoms with Gasteiger partial charge < -0.3 is 28.8 Å². The molecule has 1 N–H and O–H groups in total. The molecule has 34 heavy (non-hydrogen) atoms. The molecule has 5 fully saturated rings. The standard InChI is InChI=1S/C27H38O7/c1-14(2)20-7-17-9-25(11-28)19-6-5-15(3)18(19)10-26(17,27(20,25)24(29)30)12-31-22-8-21-23(16(4)34-22)33-13-32-21/h7,11,14-19,21-23H,5-6,8-10,12-13H2,1-4H3,(H,29,30)/t15-,16-,17?,18-,19-,21?,22-,23?,25?,26?,27?/m1/s1. The first-order chi connectivity index (χ1) is 16.2. The van der Waals surface area contributed by atoms with Crippen LogP contribution in [-0.4, -0.2) is 55.4 Å². The minimum Gasteiger partial charge on any atom is -0.481 e. The summed E-state index contributed by atoms with van der Waals surface area (Å²) in [5, 5.41) is 11.0. The van der Waals surface area contributed by atoms with E-state index < -0.39 is 28.5 Å². The van der Waals surface area contributed by atoms with Crippen LogP contribution >= 0.6 is 0 Å². The topological polar surface area (TPSA) is 91.3 Å². The molecule has 4 aliphatic carbocycles. The van der Waals surface area contributed by atoms with Crippen LogP contribution in [0.1, 0.15) is 59.8 Å². The van der Waals surface area contributed by atoms with Gasteiger partial charge in [0.2, 0.25) is 0 Å². The molecule has 3 saturated carbocycles. The van der Waals surface area contributed by atoms with E-state index in [-0.39, 0.29) is 49.5 Å². The van der Waals surface area contributed by atoms with E-state index in [0.717, 1.165) is 31.1 Å². The second-order valence-corrected chi connectivity index (χ2v) is 12.3. The van der Waals surface area contributed by atoms with Gasteiger partial charge in [0.15, 0.2) is 6.29 Å². The first kappa shape index (κ1) is 23.1. The van der Waals surface area contributed by atoms with E-state index in [1.54, 1.807) is 0 Å². The van der Waals surface area contributed by atoms with Crippen molar-refractivity contribution in [2.45, 2.75) is 84.4 Å². The predicted molar refractivity (Wildman–Crippen MR) is 122 cm³/mol. The van der Waals surface area contributed by atoms with Crippen LogP contribution in [0.4, 0.5) is 0 Å². The molecule has 0 radical (unpaired) electrons. The van der Waals surface area contributed by atoms with Crippen LogP contribution in [-0.2, 0) is 28.5 Å². The van der Waals surface area contributed by atoms with Crippen LogP contribution in [0.2, 0.25) is 0 Å². The second-order valence-electron chi connectivity index (χ2n) is 12.3. The zero-order valence-electron chi connectivity index (χ0n) is 20.7. The van der Waals surface area contributed by atoms with Crippen molar-refractivity contribution >= 4 is 12.3 Å². The van der Waals surface area contributed by atoms with E-state index in [9.17, 15) is 14.7 Å². The highest BCUT2D eigenvalue weighted by molar-refractivity contribution is 5.90. The normalized spacial score (nSPS) is 53.0. The summed E-state index contributed by atoms with van der Waals surface area (Å²) in [5.41, 5.74) is -1.75. The fourth-order valence-corrected chi connectivity index (χ4v) is 9.59. The molecule has 6 rings (SSSR count). The number of carbonyl (C=O) groups excluding carboxylic acids is 1. The first-order valence-corrected chi connectivity index (χ1v) is 13.1. The van der Waals surface area contributed by atoms with Gasteiger partial charge in [-0.1, -0.05) is 38.8 Å². The van der Waals surface area contributed by atoms with Gasteiger partial charge in [0.05, 0.1) is 24.2 Å². The number of hydrogen-bond acceptors (Lipinski definition) is 6. The molecular weight excluding hydrogens is 436 g/mol. The Morgan fingerprint density at radius 3 is 2.76 bits per heavy atom. The Kier molecular flexibility index (Phi) is 5.18. The minimum atomic E-state index is -1.21. The average molecular weight is 475 g/mol. The largest absolute Gasteiger partial charge is 0.481 e. The highest BCUT2D eigenvalue weighted by Gasteiger charge is 2.84. The van der Waals surface area contributed by atoms with Crippen molar-refractivity contribution in [2.24, 2.45) is 45.8 Å². The van der Waals surface area contributed by atoms with Crippen molar-refractivity contribution in [3.8, 4) is 0 Å². The monoisotopic (exact) mass is 474 g/mol. The van der Waals surface area contributed by atoms with Crippen LogP contribution in [0.5, 0.6) is 0 Å². The van der Waals surface area contributed by atoms with Crippen LogP contribution < -0.4 is 0 Å². The molecule has 6 unspecified atom stereocenters. The van der Waals surface area contributed by atoms with Gasteiger partial charge in [-0.2, -0.15) is 0 Å². The number of carboxylic acid groups (broad SMARTS) is 1. The van der Waals surface area contributed by atoms with Gasteiger partial charge in [0.1, 0.15) is 24.6 Å². The molecule has 11 atom stereocenters. The fraction of sp³-hybridized carbons (Fsp3) is 0.852. The number of allylic oxidation sites excluding steroid dienone is 1. The van der Waals surface area contributed by atoms with Crippen molar-refractivity contribution in [3.63, 3.8) is 0 Å². The lowest BCUT2D eigenvalue weighted by molar-refractivity contribution is -0.248. The van der Waals surface area contributed by atoms with Crippen LogP contribution in [0.3, 0.4) is 0 Å². The third-order valence-electron chi connectivity index (χ3n) is 10.8. The quantitative estimate of drug-likeness (QED) is 0.462. The molecule has 2 aliphatic heterocycles. The molecule has 0 aromatic carbocycles. The van der Waals surface area contributed by atoms with Crippen molar-refractivity contribution in [1.29, 1.82) is 0 Å². The van der Waals surface area contributed by atoms with Crippen molar-refractivity contribution < 1.29 is 33.6 Å². The second kappa shape index (κ2) is 7.61. The number of carboxylic acids is 1. The zero-order valence-corrected chi connectivity index (χ0v) is 20.7. The van der Waals surface area contributed by atoms with E-state index in [1.165, 1.54) is 0 Å². The number of hydrogen-bond donors (Lipinski definition) is 1. The van der Waals surface area contributed by atoms with E-state index in [1.807, 2.05) is 6.92 Å². The van der Waals surface area contributed by atoms with Gasteiger partial charge in [0, 0.05) is 11.8 Å². The molecule has 188 valence electrons. The van der Waals surface area contributed by atoms with E-state index >= 15 is 0 Å². The van der Waals surface area contributed by atoms with Crippen LogP contribution in [0.15, 0.2) is 11.6 Å². The van der Waals surface area contributed by atoms with E-state index in [2.05, 4.69) is 26.8 Å². The molecule has 0 spiro atoms. The number of carbonyl (C=O) groups is 2. The number of ether oxygens (including phenoxy) is 4. The Morgan fingerprint density at radius 2 is 2.06 bits per heavy atom. The summed E-state index contributed by atoms with van der Waals surface area (Å²) >= 11 is 0. The average Bonchev–Trinajstić information content (AvgIpc) is 3.52. The SMILES string of the molecule is CC(C)C1=CC2CC3(C=O)[C@@H]4CC[C@@H](C)[C@H]4CC2(CO[C@H]2CC4OCOC4[C@@H](C)O2)C13C(=O)O. The van der Waals surface area contributed by atoms with E-state index in [4.69, 9.17) is 18.9 Å². The van der Waals surface area contributed by atoms with Gasteiger partial charge in [-0.25, -0.2) is 0 Å². The minimum absolute atomic E-state index is 0.0313. The highest BCUT2D eigenvalue weighted by Crippen LogP contribution is 2.82. The third kappa shape index (κ3) is 2.57. The Labute approximate surface area is 201 Å². The van der Waals surface area contributed by atoms with Gasteiger partial charge in [-0.05, 0) is 55.8 Å². The first-order valence-electron chi connectivity index (χ1n) is 13.1. The lowest BCUT2D eigenvalue weighted by Crippen LogP contribution is -2.63. The molecule has 0 aromatic heterocycles. The Hall–Kier alpha value is -1.28.